The molecule has 1 aliphatic rings. The van der Waals surface area contributed by atoms with Crippen molar-refractivity contribution in [2.75, 3.05) is 6.61 Å². The molecule has 0 saturated carbocycles. The van der Waals surface area contributed by atoms with Gasteiger partial charge in [0.05, 0.1) is 0 Å². The minimum Gasteiger partial charge on any atom is -0.396 e. The molecule has 0 bridgehead atoms. The first-order chi connectivity index (χ1) is 9.45. The summed E-state index contributed by atoms with van der Waals surface area (Å²) in [5.74, 6) is 0.534. The van der Waals surface area contributed by atoms with E-state index >= 15 is 0 Å². The van der Waals surface area contributed by atoms with Gasteiger partial charge in [-0.05, 0) is 41.7 Å². The lowest BCUT2D eigenvalue weighted by molar-refractivity contribution is 0.162. The van der Waals surface area contributed by atoms with E-state index in [0.717, 1.165) is 6.42 Å². The van der Waals surface area contributed by atoms with Crippen molar-refractivity contribution in [3.8, 4) is 0 Å². The number of aliphatic hydroxyl groups is 1. The van der Waals surface area contributed by atoms with Crippen LogP contribution in [0.3, 0.4) is 0 Å². The molecule has 0 heterocycles. The summed E-state index contributed by atoms with van der Waals surface area (Å²) in [4.78, 5) is 0. The number of aliphatic hydroxyl groups excluding tert-OH is 1. The first-order valence-electron chi connectivity index (χ1n) is 7.90. The van der Waals surface area contributed by atoms with Gasteiger partial charge in [-0.15, -0.1) is 0 Å². The van der Waals surface area contributed by atoms with E-state index < -0.39 is 0 Å². The first kappa shape index (κ1) is 15.5. The van der Waals surface area contributed by atoms with Crippen molar-refractivity contribution in [3.05, 3.63) is 35.4 Å². The summed E-state index contributed by atoms with van der Waals surface area (Å²) in [5.41, 5.74) is 3.19. The zero-order valence-corrected chi connectivity index (χ0v) is 13.3. The van der Waals surface area contributed by atoms with Crippen LogP contribution in [0.4, 0.5) is 0 Å². The molecule has 0 amide bonds. The van der Waals surface area contributed by atoms with Crippen molar-refractivity contribution in [1.29, 1.82) is 0 Å². The van der Waals surface area contributed by atoms with Gasteiger partial charge >= 0.3 is 0 Å². The molecular weight excluding hydrogens is 246 g/mol. The molecule has 1 aromatic rings. The summed E-state index contributed by atoms with van der Waals surface area (Å²) >= 11 is 0. The van der Waals surface area contributed by atoms with Crippen LogP contribution in [-0.4, -0.2) is 17.8 Å². The van der Waals surface area contributed by atoms with Crippen LogP contribution in [0.15, 0.2) is 24.3 Å². The first-order valence-corrected chi connectivity index (χ1v) is 7.90. The van der Waals surface area contributed by atoms with E-state index in [2.05, 4.69) is 57.3 Å². The third-order valence-corrected chi connectivity index (χ3v) is 4.81. The summed E-state index contributed by atoms with van der Waals surface area (Å²) in [5, 5.41) is 13.1. The minimum absolute atomic E-state index is 0.255. The van der Waals surface area contributed by atoms with Crippen LogP contribution in [-0.2, 0) is 6.42 Å². The average molecular weight is 275 g/mol. The van der Waals surface area contributed by atoms with Crippen molar-refractivity contribution in [3.63, 3.8) is 0 Å². The smallest absolute Gasteiger partial charge is 0.0445 e. The van der Waals surface area contributed by atoms with Gasteiger partial charge in [0.15, 0.2) is 0 Å². The van der Waals surface area contributed by atoms with Gasteiger partial charge in [-0.25, -0.2) is 0 Å². The molecular formula is C18H29NO. The highest BCUT2D eigenvalue weighted by molar-refractivity contribution is 5.34. The summed E-state index contributed by atoms with van der Waals surface area (Å²) in [6.45, 7) is 9.43. The Kier molecular flexibility index (Phi) is 4.87. The fourth-order valence-corrected chi connectivity index (χ4v) is 3.34. The quantitative estimate of drug-likeness (QED) is 0.859. The van der Waals surface area contributed by atoms with Crippen molar-refractivity contribution >= 4 is 0 Å². The van der Waals surface area contributed by atoms with Crippen LogP contribution >= 0.6 is 0 Å². The van der Waals surface area contributed by atoms with Gasteiger partial charge in [0, 0.05) is 18.7 Å². The fraction of sp³-hybridized carbons (Fsp3) is 0.667. The third-order valence-electron chi connectivity index (χ3n) is 4.81. The van der Waals surface area contributed by atoms with Crippen molar-refractivity contribution in [1.82, 2.24) is 5.32 Å². The molecule has 2 heteroatoms. The zero-order chi connectivity index (χ0) is 14.8. The monoisotopic (exact) mass is 275 g/mol. The molecule has 2 N–H and O–H groups in total. The Morgan fingerprint density at radius 1 is 1.30 bits per heavy atom. The zero-order valence-electron chi connectivity index (χ0n) is 13.3. The molecule has 0 radical (unpaired) electrons. The van der Waals surface area contributed by atoms with Gasteiger partial charge in [0.2, 0.25) is 0 Å². The molecule has 1 aliphatic carbocycles. The van der Waals surface area contributed by atoms with Gasteiger partial charge in [-0.2, -0.15) is 0 Å². The number of aryl methyl sites for hydroxylation is 1. The number of hydrogen-bond donors (Lipinski definition) is 2. The molecule has 2 unspecified atom stereocenters. The Bertz CT molecular complexity index is 439. The van der Waals surface area contributed by atoms with E-state index in [0.29, 0.717) is 18.0 Å². The summed E-state index contributed by atoms with van der Waals surface area (Å²) < 4.78 is 0. The molecule has 0 saturated heterocycles. The van der Waals surface area contributed by atoms with Gasteiger partial charge in [-0.3, -0.25) is 0 Å². The molecule has 2 nitrogen and oxygen atoms in total. The maximum Gasteiger partial charge on any atom is 0.0445 e. The molecule has 0 aliphatic heterocycles. The third kappa shape index (κ3) is 3.24. The average Bonchev–Trinajstić information content (AvgIpc) is 2.40. The second kappa shape index (κ2) is 6.28. The van der Waals surface area contributed by atoms with Crippen LogP contribution < -0.4 is 5.32 Å². The van der Waals surface area contributed by atoms with Crippen molar-refractivity contribution < 1.29 is 5.11 Å². The Labute approximate surface area is 123 Å². The number of benzene rings is 1. The van der Waals surface area contributed by atoms with E-state index in [1.165, 1.54) is 24.0 Å². The second-order valence-electron chi connectivity index (χ2n) is 7.15. The van der Waals surface area contributed by atoms with E-state index in [1.807, 2.05) is 0 Å². The van der Waals surface area contributed by atoms with E-state index in [4.69, 9.17) is 0 Å². The molecule has 20 heavy (non-hydrogen) atoms. The lowest BCUT2D eigenvalue weighted by Gasteiger charge is -2.43. The van der Waals surface area contributed by atoms with Gasteiger partial charge in [0.1, 0.15) is 0 Å². The Morgan fingerprint density at radius 3 is 2.65 bits per heavy atom. The molecule has 1 aromatic carbocycles. The Morgan fingerprint density at radius 2 is 2.00 bits per heavy atom. The molecule has 112 valence electrons. The lowest BCUT2D eigenvalue weighted by atomic mass is 9.70. The van der Waals surface area contributed by atoms with Crippen molar-refractivity contribution in [2.24, 2.45) is 11.3 Å². The van der Waals surface area contributed by atoms with Gasteiger partial charge in [-0.1, -0.05) is 52.0 Å². The normalized spacial score (nSPS) is 22.6. The van der Waals surface area contributed by atoms with Crippen LogP contribution in [0.25, 0.3) is 0 Å². The highest BCUT2D eigenvalue weighted by Gasteiger charge is 2.36. The number of rotatable bonds is 5. The number of nitrogens with one attached hydrogen (secondary N) is 1. The Balaban J connectivity index is 2.27. The second-order valence-corrected chi connectivity index (χ2v) is 7.15. The van der Waals surface area contributed by atoms with E-state index in [-0.39, 0.29) is 12.0 Å². The van der Waals surface area contributed by atoms with E-state index in [1.54, 1.807) is 0 Å². The van der Waals surface area contributed by atoms with Crippen LogP contribution in [0.1, 0.15) is 57.7 Å². The topological polar surface area (TPSA) is 32.3 Å². The highest BCUT2D eigenvalue weighted by atomic mass is 16.3. The molecule has 0 spiro atoms. The largest absolute Gasteiger partial charge is 0.396 e. The van der Waals surface area contributed by atoms with Crippen LogP contribution in [0.2, 0.25) is 0 Å². The predicted octanol–water partition coefficient (Wildman–Crippen LogP) is 3.70. The predicted molar refractivity (Wildman–Crippen MR) is 84.7 cm³/mol. The fourth-order valence-electron chi connectivity index (χ4n) is 3.34. The van der Waals surface area contributed by atoms with E-state index in [9.17, 15) is 5.11 Å². The standard InChI is InChI=1S/C18H29NO/c1-13(2)16(10-12-20)19-17-15-8-6-5-7-14(15)9-11-18(17,3)4/h5-8,13,16-17,19-20H,9-12H2,1-4H3. The van der Waals surface area contributed by atoms with Crippen molar-refractivity contribution in [2.45, 2.75) is 59.0 Å². The molecule has 2 atom stereocenters. The minimum atomic E-state index is 0.255. The highest BCUT2D eigenvalue weighted by Crippen LogP contribution is 2.43. The summed E-state index contributed by atoms with van der Waals surface area (Å²) in [6.07, 6.45) is 3.21. The van der Waals surface area contributed by atoms with Gasteiger partial charge in [0.25, 0.3) is 0 Å². The maximum atomic E-state index is 9.30. The Hall–Kier alpha value is -0.860. The van der Waals surface area contributed by atoms with Crippen LogP contribution in [0, 0.1) is 11.3 Å². The number of hydrogen-bond acceptors (Lipinski definition) is 2. The number of fused-ring (bicyclic) bond motifs is 1. The summed E-state index contributed by atoms with van der Waals surface area (Å²) in [7, 11) is 0. The molecule has 0 fully saturated rings. The molecule has 0 aromatic heterocycles. The summed E-state index contributed by atoms with van der Waals surface area (Å²) in [6, 6.07) is 9.56. The SMILES string of the molecule is CC(C)C(CCO)NC1c2ccccc2CCC1(C)C. The molecule has 2 rings (SSSR count). The maximum absolute atomic E-state index is 9.30. The van der Waals surface area contributed by atoms with Crippen LogP contribution in [0.5, 0.6) is 0 Å². The lowest BCUT2D eigenvalue weighted by Crippen LogP contribution is -2.45. The van der Waals surface area contributed by atoms with Gasteiger partial charge < -0.3 is 10.4 Å².